The molecule has 0 bridgehead atoms. The Labute approximate surface area is 96.1 Å². The van der Waals surface area contributed by atoms with Gasteiger partial charge in [0, 0.05) is 0 Å². The largest absolute Gasteiger partial charge is 0.486 e. The van der Waals surface area contributed by atoms with E-state index in [1.165, 1.54) is 0 Å². The summed E-state index contributed by atoms with van der Waals surface area (Å²) in [6, 6.07) is 6.18. The molecule has 1 aromatic rings. The van der Waals surface area contributed by atoms with Crippen LogP contribution in [0.1, 0.15) is 18.5 Å². The first kappa shape index (κ1) is 11.0. The summed E-state index contributed by atoms with van der Waals surface area (Å²) in [6.45, 7) is 8.07. The van der Waals surface area contributed by atoms with Crippen LogP contribution in [0.4, 0.5) is 0 Å². The minimum Gasteiger partial charge on any atom is -0.486 e. The molecular weight excluding hydrogens is 202 g/mol. The molecule has 1 heterocycles. The number of hydrogen-bond donors (Lipinski definition) is 1. The van der Waals surface area contributed by atoms with E-state index in [4.69, 9.17) is 9.47 Å². The normalized spacial score (nSPS) is 15.6. The van der Waals surface area contributed by atoms with Crippen molar-refractivity contribution in [3.05, 3.63) is 36.4 Å². The van der Waals surface area contributed by atoms with Crippen molar-refractivity contribution in [2.45, 2.75) is 13.0 Å². The van der Waals surface area contributed by atoms with Crippen molar-refractivity contribution in [2.75, 3.05) is 19.8 Å². The van der Waals surface area contributed by atoms with Crippen LogP contribution in [0.5, 0.6) is 11.5 Å². The van der Waals surface area contributed by atoms with Gasteiger partial charge in [-0.15, -0.1) is 6.58 Å². The number of nitrogens with one attached hydrogen (secondary N) is 1. The SMILES string of the molecule is C=CC(NCC)c1ccc2c(c1)OCCO2. The van der Waals surface area contributed by atoms with Crippen LogP contribution >= 0.6 is 0 Å². The summed E-state index contributed by atoms with van der Waals surface area (Å²) in [5.74, 6) is 1.66. The van der Waals surface area contributed by atoms with Crippen molar-refractivity contribution < 1.29 is 9.47 Å². The van der Waals surface area contributed by atoms with E-state index in [1.807, 2.05) is 24.3 Å². The summed E-state index contributed by atoms with van der Waals surface area (Å²) >= 11 is 0. The van der Waals surface area contributed by atoms with Crippen molar-refractivity contribution in [1.82, 2.24) is 5.32 Å². The lowest BCUT2D eigenvalue weighted by Crippen LogP contribution is -2.20. The molecule has 0 radical (unpaired) electrons. The van der Waals surface area contributed by atoms with Crippen molar-refractivity contribution in [3.8, 4) is 11.5 Å². The topological polar surface area (TPSA) is 30.5 Å². The van der Waals surface area contributed by atoms with E-state index in [-0.39, 0.29) is 6.04 Å². The summed E-state index contributed by atoms with van der Waals surface area (Å²) in [4.78, 5) is 0. The average Bonchev–Trinajstić information content (AvgIpc) is 2.35. The molecule has 0 saturated carbocycles. The molecule has 0 spiro atoms. The molecule has 3 nitrogen and oxygen atoms in total. The molecule has 0 aromatic heterocycles. The van der Waals surface area contributed by atoms with Crippen LogP contribution in [-0.2, 0) is 0 Å². The van der Waals surface area contributed by atoms with Crippen LogP contribution < -0.4 is 14.8 Å². The fourth-order valence-electron chi connectivity index (χ4n) is 1.81. The summed E-state index contributed by atoms with van der Waals surface area (Å²) in [7, 11) is 0. The third-order valence-corrected chi connectivity index (χ3v) is 2.59. The van der Waals surface area contributed by atoms with Gasteiger partial charge >= 0.3 is 0 Å². The predicted molar refractivity (Wildman–Crippen MR) is 64.0 cm³/mol. The van der Waals surface area contributed by atoms with E-state index in [0.717, 1.165) is 23.6 Å². The summed E-state index contributed by atoms with van der Waals surface area (Å²) in [5.41, 5.74) is 1.15. The van der Waals surface area contributed by atoms with E-state index < -0.39 is 0 Å². The molecule has 1 aliphatic rings. The molecule has 3 heteroatoms. The first-order valence-electron chi connectivity index (χ1n) is 5.60. The average molecular weight is 219 g/mol. The quantitative estimate of drug-likeness (QED) is 0.788. The Balaban J connectivity index is 2.24. The highest BCUT2D eigenvalue weighted by atomic mass is 16.6. The number of ether oxygens (including phenoxy) is 2. The molecule has 0 aliphatic carbocycles. The summed E-state index contributed by atoms with van der Waals surface area (Å²) < 4.78 is 11.0. The maximum Gasteiger partial charge on any atom is 0.161 e. The van der Waals surface area contributed by atoms with Crippen LogP contribution in [-0.4, -0.2) is 19.8 Å². The number of rotatable bonds is 4. The van der Waals surface area contributed by atoms with Crippen molar-refractivity contribution in [1.29, 1.82) is 0 Å². The van der Waals surface area contributed by atoms with Crippen LogP contribution in [0, 0.1) is 0 Å². The third-order valence-electron chi connectivity index (χ3n) is 2.59. The van der Waals surface area contributed by atoms with Crippen molar-refractivity contribution in [2.24, 2.45) is 0 Å². The Hall–Kier alpha value is -1.48. The van der Waals surface area contributed by atoms with Crippen LogP contribution in [0.2, 0.25) is 0 Å². The minimum atomic E-state index is 0.167. The lowest BCUT2D eigenvalue weighted by atomic mass is 10.1. The zero-order valence-electron chi connectivity index (χ0n) is 9.53. The second-order valence-corrected chi connectivity index (χ2v) is 3.67. The number of hydrogen-bond acceptors (Lipinski definition) is 3. The molecule has 16 heavy (non-hydrogen) atoms. The first-order chi connectivity index (χ1) is 7.85. The monoisotopic (exact) mass is 219 g/mol. The molecule has 0 saturated heterocycles. The maximum absolute atomic E-state index is 5.55. The lowest BCUT2D eigenvalue weighted by molar-refractivity contribution is 0.171. The summed E-state index contributed by atoms with van der Waals surface area (Å²) in [6.07, 6.45) is 1.90. The second-order valence-electron chi connectivity index (χ2n) is 3.67. The van der Waals surface area contributed by atoms with Gasteiger partial charge in [-0.3, -0.25) is 0 Å². The zero-order valence-corrected chi connectivity index (χ0v) is 9.53. The van der Waals surface area contributed by atoms with Gasteiger partial charge in [0.15, 0.2) is 11.5 Å². The molecule has 1 unspecified atom stereocenters. The molecule has 1 N–H and O–H groups in total. The van der Waals surface area contributed by atoms with E-state index >= 15 is 0 Å². The standard InChI is InChI=1S/C13H17NO2/c1-3-11(14-4-2)10-5-6-12-13(9-10)16-8-7-15-12/h3,5-6,9,11,14H,1,4,7-8H2,2H3. The molecule has 0 amide bonds. The van der Waals surface area contributed by atoms with E-state index in [1.54, 1.807) is 0 Å². The molecule has 1 aliphatic heterocycles. The van der Waals surface area contributed by atoms with Crippen LogP contribution in [0.25, 0.3) is 0 Å². The van der Waals surface area contributed by atoms with Crippen molar-refractivity contribution in [3.63, 3.8) is 0 Å². The number of likely N-dealkylation sites (N-methyl/N-ethyl adjacent to an activating group) is 1. The van der Waals surface area contributed by atoms with Gasteiger partial charge in [0.2, 0.25) is 0 Å². The van der Waals surface area contributed by atoms with Gasteiger partial charge in [0.1, 0.15) is 13.2 Å². The highest BCUT2D eigenvalue weighted by Crippen LogP contribution is 2.32. The molecule has 0 fully saturated rings. The predicted octanol–water partition coefficient (Wildman–Crippen LogP) is 2.29. The van der Waals surface area contributed by atoms with Gasteiger partial charge in [-0.1, -0.05) is 19.1 Å². The zero-order chi connectivity index (χ0) is 11.4. The highest BCUT2D eigenvalue weighted by molar-refractivity contribution is 5.45. The Morgan fingerprint density at radius 3 is 2.81 bits per heavy atom. The van der Waals surface area contributed by atoms with Gasteiger partial charge in [-0.2, -0.15) is 0 Å². The molecule has 1 atom stereocenters. The van der Waals surface area contributed by atoms with E-state index in [2.05, 4.69) is 18.8 Å². The molecule has 86 valence electrons. The second kappa shape index (κ2) is 5.03. The highest BCUT2D eigenvalue weighted by Gasteiger charge is 2.14. The maximum atomic E-state index is 5.55. The fourth-order valence-corrected chi connectivity index (χ4v) is 1.81. The van der Waals surface area contributed by atoms with Gasteiger partial charge in [-0.05, 0) is 24.2 Å². The van der Waals surface area contributed by atoms with Gasteiger partial charge in [-0.25, -0.2) is 0 Å². The Morgan fingerprint density at radius 1 is 1.38 bits per heavy atom. The smallest absolute Gasteiger partial charge is 0.161 e. The third kappa shape index (κ3) is 2.19. The van der Waals surface area contributed by atoms with E-state index in [9.17, 15) is 0 Å². The number of fused-ring (bicyclic) bond motifs is 1. The van der Waals surface area contributed by atoms with Crippen LogP contribution in [0.3, 0.4) is 0 Å². The minimum absolute atomic E-state index is 0.167. The first-order valence-corrected chi connectivity index (χ1v) is 5.60. The fraction of sp³-hybridized carbons (Fsp3) is 0.385. The summed E-state index contributed by atoms with van der Waals surface area (Å²) in [5, 5.41) is 3.34. The molecular formula is C13H17NO2. The van der Waals surface area contributed by atoms with Gasteiger partial charge < -0.3 is 14.8 Å². The molecule has 1 aromatic carbocycles. The number of benzene rings is 1. The molecule has 2 rings (SSSR count). The lowest BCUT2D eigenvalue weighted by Gasteiger charge is -2.21. The van der Waals surface area contributed by atoms with Gasteiger partial charge in [0.05, 0.1) is 6.04 Å². The Bertz CT molecular complexity index is 376. The van der Waals surface area contributed by atoms with Gasteiger partial charge in [0.25, 0.3) is 0 Å². The van der Waals surface area contributed by atoms with Crippen LogP contribution in [0.15, 0.2) is 30.9 Å². The Kier molecular flexibility index (Phi) is 3.47. The Morgan fingerprint density at radius 2 is 2.12 bits per heavy atom. The van der Waals surface area contributed by atoms with Crippen molar-refractivity contribution >= 4 is 0 Å². The van der Waals surface area contributed by atoms with E-state index in [0.29, 0.717) is 13.2 Å².